The summed E-state index contributed by atoms with van der Waals surface area (Å²) in [6.07, 6.45) is 2.54. The number of ether oxygens (including phenoxy) is 2. The Morgan fingerprint density at radius 3 is 2.33 bits per heavy atom. The van der Waals surface area contributed by atoms with Crippen molar-refractivity contribution in [3.63, 3.8) is 0 Å². The third-order valence-corrected chi connectivity index (χ3v) is 7.32. The molecule has 0 bridgehead atoms. The molecule has 0 radical (unpaired) electrons. The fourth-order valence-electron chi connectivity index (χ4n) is 3.12. The van der Waals surface area contributed by atoms with Crippen molar-refractivity contribution >= 4 is 19.4 Å². The maximum absolute atomic E-state index is 5.87. The Kier molecular flexibility index (Phi) is 3.27. The van der Waals surface area contributed by atoms with Crippen LogP contribution in [0.5, 0.6) is 0 Å². The summed E-state index contributed by atoms with van der Waals surface area (Å²) >= 11 is 0.496. The van der Waals surface area contributed by atoms with E-state index < -0.39 is 0 Å². The Bertz CT molecular complexity index is 414. The summed E-state index contributed by atoms with van der Waals surface area (Å²) in [5.74, 6) is 0.219. The molecule has 3 heteroatoms. The van der Waals surface area contributed by atoms with Gasteiger partial charge >= 0.3 is 115 Å². The topological polar surface area (TPSA) is 18.5 Å². The SMILES string of the molecule is CC1(C2CCC2(C)[Se]c2ccccc2)OCCO1. The van der Waals surface area contributed by atoms with Crippen molar-refractivity contribution in [3.8, 4) is 0 Å². The molecule has 2 fully saturated rings. The quantitative estimate of drug-likeness (QED) is 0.798. The van der Waals surface area contributed by atoms with E-state index in [-0.39, 0.29) is 5.79 Å². The van der Waals surface area contributed by atoms with Crippen molar-refractivity contribution in [1.82, 2.24) is 0 Å². The van der Waals surface area contributed by atoms with Crippen LogP contribution >= 0.6 is 0 Å². The van der Waals surface area contributed by atoms with Crippen LogP contribution in [0.4, 0.5) is 0 Å². The van der Waals surface area contributed by atoms with Gasteiger partial charge in [0.2, 0.25) is 0 Å². The van der Waals surface area contributed by atoms with Gasteiger partial charge in [-0.3, -0.25) is 0 Å². The molecule has 2 aliphatic rings. The van der Waals surface area contributed by atoms with Gasteiger partial charge in [-0.15, -0.1) is 0 Å². The van der Waals surface area contributed by atoms with Crippen LogP contribution in [0.3, 0.4) is 0 Å². The summed E-state index contributed by atoms with van der Waals surface area (Å²) in [5, 5.41) is 0. The molecule has 1 saturated heterocycles. The van der Waals surface area contributed by atoms with Crippen LogP contribution in [0, 0.1) is 5.92 Å². The molecule has 0 spiro atoms. The fourth-order valence-corrected chi connectivity index (χ4v) is 6.32. The molecule has 0 N–H and O–H groups in total. The first-order valence-corrected chi connectivity index (χ1v) is 8.36. The van der Waals surface area contributed by atoms with Crippen LogP contribution in [0.15, 0.2) is 30.3 Å². The zero-order chi connectivity index (χ0) is 12.6. The first kappa shape index (κ1) is 12.7. The standard InChI is InChI=1S/C15H20O2Se/c1-14(18-12-6-4-3-5-7-12)9-8-13(14)15(2)16-10-11-17-15/h3-7,13H,8-11H2,1-2H3. The van der Waals surface area contributed by atoms with Crippen molar-refractivity contribution in [2.75, 3.05) is 13.2 Å². The van der Waals surface area contributed by atoms with Crippen molar-refractivity contribution in [3.05, 3.63) is 30.3 Å². The minimum absolute atomic E-state index is 0.330. The molecule has 1 saturated carbocycles. The van der Waals surface area contributed by atoms with Gasteiger partial charge in [-0.1, -0.05) is 0 Å². The molecule has 2 nitrogen and oxygen atoms in total. The molecular formula is C15H20O2Se. The van der Waals surface area contributed by atoms with Crippen LogP contribution in [0.1, 0.15) is 26.7 Å². The summed E-state index contributed by atoms with van der Waals surface area (Å²) in [6, 6.07) is 10.9. The maximum atomic E-state index is 5.87. The van der Waals surface area contributed by atoms with Gasteiger partial charge in [0.25, 0.3) is 0 Å². The summed E-state index contributed by atoms with van der Waals surface area (Å²) in [7, 11) is 0. The average molecular weight is 311 g/mol. The van der Waals surface area contributed by atoms with E-state index in [1.165, 1.54) is 17.3 Å². The van der Waals surface area contributed by atoms with Gasteiger partial charge in [-0.25, -0.2) is 0 Å². The predicted molar refractivity (Wildman–Crippen MR) is 73.2 cm³/mol. The second kappa shape index (κ2) is 4.64. The number of benzene rings is 1. The number of rotatable bonds is 3. The number of hydrogen-bond donors (Lipinski definition) is 0. The Morgan fingerprint density at radius 2 is 1.78 bits per heavy atom. The monoisotopic (exact) mass is 312 g/mol. The minimum atomic E-state index is -0.330. The van der Waals surface area contributed by atoms with Crippen molar-refractivity contribution < 1.29 is 9.47 Å². The Morgan fingerprint density at radius 1 is 1.11 bits per heavy atom. The summed E-state index contributed by atoms with van der Waals surface area (Å²) in [6.45, 7) is 6.04. The Hall–Kier alpha value is -0.341. The van der Waals surface area contributed by atoms with Crippen LogP contribution in [-0.2, 0) is 9.47 Å². The van der Waals surface area contributed by atoms with Crippen molar-refractivity contribution in [2.24, 2.45) is 5.92 Å². The van der Waals surface area contributed by atoms with Gasteiger partial charge in [-0.05, 0) is 0 Å². The predicted octanol–water partition coefficient (Wildman–Crippen LogP) is 2.37. The third-order valence-electron chi connectivity index (χ3n) is 4.25. The second-order valence-electron chi connectivity index (χ2n) is 5.53. The molecule has 3 rings (SSSR count). The van der Waals surface area contributed by atoms with Gasteiger partial charge in [-0.2, -0.15) is 0 Å². The van der Waals surface area contributed by atoms with Gasteiger partial charge in [0.1, 0.15) is 0 Å². The Balaban J connectivity index is 1.75. The van der Waals surface area contributed by atoms with E-state index in [9.17, 15) is 0 Å². The van der Waals surface area contributed by atoms with Gasteiger partial charge in [0, 0.05) is 0 Å². The fraction of sp³-hybridized carbons (Fsp3) is 0.600. The van der Waals surface area contributed by atoms with Crippen LogP contribution in [-0.4, -0.2) is 34.0 Å². The molecule has 18 heavy (non-hydrogen) atoms. The molecule has 98 valence electrons. The van der Waals surface area contributed by atoms with Gasteiger partial charge < -0.3 is 0 Å². The molecule has 0 amide bonds. The van der Waals surface area contributed by atoms with E-state index >= 15 is 0 Å². The summed E-state index contributed by atoms with van der Waals surface area (Å²) < 4.78 is 13.6. The number of hydrogen-bond acceptors (Lipinski definition) is 2. The van der Waals surface area contributed by atoms with Crippen molar-refractivity contribution in [1.29, 1.82) is 0 Å². The van der Waals surface area contributed by atoms with Crippen molar-refractivity contribution in [2.45, 2.75) is 36.8 Å². The van der Waals surface area contributed by atoms with E-state index in [1.54, 1.807) is 0 Å². The first-order chi connectivity index (χ1) is 8.62. The molecule has 1 aromatic carbocycles. The normalized spacial score (nSPS) is 34.2. The second-order valence-corrected chi connectivity index (χ2v) is 8.91. The van der Waals surface area contributed by atoms with Gasteiger partial charge in [0.05, 0.1) is 0 Å². The van der Waals surface area contributed by atoms with E-state index in [2.05, 4.69) is 44.2 Å². The molecule has 1 aromatic rings. The zero-order valence-electron chi connectivity index (χ0n) is 11.0. The van der Waals surface area contributed by atoms with Crippen LogP contribution < -0.4 is 4.46 Å². The summed E-state index contributed by atoms with van der Waals surface area (Å²) in [4.78, 5) is 0. The molecule has 2 unspecified atom stereocenters. The first-order valence-electron chi connectivity index (χ1n) is 6.64. The molecule has 0 aromatic heterocycles. The van der Waals surface area contributed by atoms with E-state index in [0.717, 1.165) is 13.2 Å². The molecule has 1 heterocycles. The van der Waals surface area contributed by atoms with Crippen LogP contribution in [0.25, 0.3) is 0 Å². The van der Waals surface area contributed by atoms with E-state index in [1.807, 2.05) is 0 Å². The molecular weight excluding hydrogens is 291 g/mol. The summed E-state index contributed by atoms with van der Waals surface area (Å²) in [5.41, 5.74) is 0. The van der Waals surface area contributed by atoms with Crippen LogP contribution in [0.2, 0.25) is 4.31 Å². The molecule has 1 aliphatic carbocycles. The molecule has 1 aliphatic heterocycles. The Labute approximate surface area is 115 Å². The average Bonchev–Trinajstić information content (AvgIpc) is 2.76. The van der Waals surface area contributed by atoms with E-state index in [4.69, 9.17) is 9.47 Å². The third kappa shape index (κ3) is 2.14. The zero-order valence-corrected chi connectivity index (χ0v) is 12.7. The molecule has 2 atom stereocenters. The van der Waals surface area contributed by atoms with Gasteiger partial charge in [0.15, 0.2) is 0 Å². The van der Waals surface area contributed by atoms with E-state index in [0.29, 0.717) is 25.2 Å².